The summed E-state index contributed by atoms with van der Waals surface area (Å²) >= 11 is 0. The minimum absolute atomic E-state index is 0.166. The van der Waals surface area contributed by atoms with Crippen LogP contribution in [0.4, 0.5) is 0 Å². The van der Waals surface area contributed by atoms with Crippen LogP contribution in [-0.2, 0) is 16.6 Å². The fourth-order valence-corrected chi connectivity index (χ4v) is 3.48. The molecule has 0 atom stereocenters. The Balaban J connectivity index is 3.03. The number of benzene rings is 1. The number of hydrogen-bond donors (Lipinski definition) is 2. The zero-order valence-corrected chi connectivity index (χ0v) is 14.3. The van der Waals surface area contributed by atoms with Crippen LogP contribution in [0.5, 0.6) is 5.75 Å². The van der Waals surface area contributed by atoms with Gasteiger partial charge in [-0.3, -0.25) is 0 Å². The van der Waals surface area contributed by atoms with Crippen LogP contribution in [0.25, 0.3) is 0 Å². The molecule has 2 N–H and O–H groups in total. The fraction of sp³-hybridized carbons (Fsp3) is 0.600. The Morgan fingerprint density at radius 1 is 1.24 bits per heavy atom. The van der Waals surface area contributed by atoms with Gasteiger partial charge in [0.1, 0.15) is 10.6 Å². The highest BCUT2D eigenvalue weighted by atomic mass is 32.2. The van der Waals surface area contributed by atoms with E-state index in [9.17, 15) is 8.42 Å². The molecule has 0 bridgehead atoms. The van der Waals surface area contributed by atoms with E-state index in [1.807, 2.05) is 6.07 Å². The number of ether oxygens (including phenoxy) is 1. The van der Waals surface area contributed by atoms with Crippen LogP contribution in [-0.4, -0.2) is 27.6 Å². The largest absolute Gasteiger partial charge is 0.495 e. The normalized spacial score (nSPS) is 12.4. The molecule has 0 radical (unpaired) electrons. The van der Waals surface area contributed by atoms with Crippen molar-refractivity contribution in [3.8, 4) is 5.75 Å². The van der Waals surface area contributed by atoms with Crippen molar-refractivity contribution in [3.05, 3.63) is 23.8 Å². The summed E-state index contributed by atoms with van der Waals surface area (Å²) in [6.45, 7) is 9.13. The van der Waals surface area contributed by atoms with Gasteiger partial charge in [0, 0.05) is 12.1 Å². The Hall–Kier alpha value is -1.11. The highest BCUT2D eigenvalue weighted by Gasteiger charge is 2.25. The lowest BCUT2D eigenvalue weighted by atomic mass is 10.1. The molecule has 1 aromatic rings. The molecule has 0 saturated carbocycles. The summed E-state index contributed by atoms with van der Waals surface area (Å²) in [6.07, 6.45) is 1.05. The minimum atomic E-state index is -3.60. The zero-order valence-electron chi connectivity index (χ0n) is 13.5. The molecule has 0 heterocycles. The van der Waals surface area contributed by atoms with Crippen molar-refractivity contribution < 1.29 is 13.2 Å². The summed E-state index contributed by atoms with van der Waals surface area (Å²) in [5.41, 5.74) is 0.459. The third kappa shape index (κ3) is 5.65. The second-order valence-corrected chi connectivity index (χ2v) is 7.67. The molecule has 0 amide bonds. The summed E-state index contributed by atoms with van der Waals surface area (Å²) < 4.78 is 32.7. The Morgan fingerprint density at radius 3 is 2.43 bits per heavy atom. The molecule has 21 heavy (non-hydrogen) atoms. The molecule has 0 fully saturated rings. The lowest BCUT2D eigenvalue weighted by Gasteiger charge is -2.21. The van der Waals surface area contributed by atoms with E-state index in [4.69, 9.17) is 4.74 Å². The monoisotopic (exact) mass is 314 g/mol. The van der Waals surface area contributed by atoms with E-state index < -0.39 is 15.6 Å². The Labute approximate surface area is 128 Å². The zero-order chi connectivity index (χ0) is 16.1. The van der Waals surface area contributed by atoms with E-state index in [1.54, 1.807) is 32.9 Å². The van der Waals surface area contributed by atoms with Crippen molar-refractivity contribution in [1.29, 1.82) is 0 Å². The van der Waals surface area contributed by atoms with Crippen LogP contribution >= 0.6 is 0 Å². The van der Waals surface area contributed by atoms with Crippen molar-refractivity contribution in [3.63, 3.8) is 0 Å². The molecule has 1 aromatic carbocycles. The Morgan fingerprint density at radius 2 is 1.90 bits per heavy atom. The predicted molar refractivity (Wildman–Crippen MR) is 85.1 cm³/mol. The van der Waals surface area contributed by atoms with Gasteiger partial charge < -0.3 is 10.1 Å². The molecule has 0 saturated heterocycles. The van der Waals surface area contributed by atoms with Gasteiger partial charge in [0.2, 0.25) is 10.0 Å². The minimum Gasteiger partial charge on any atom is -0.495 e. The van der Waals surface area contributed by atoms with Gasteiger partial charge in [0.15, 0.2) is 0 Å². The first-order valence-electron chi connectivity index (χ1n) is 7.11. The number of sulfonamides is 1. The fourth-order valence-electron chi connectivity index (χ4n) is 1.91. The predicted octanol–water partition coefficient (Wildman–Crippen LogP) is 2.27. The maximum absolute atomic E-state index is 12.4. The molecule has 120 valence electrons. The van der Waals surface area contributed by atoms with Crippen LogP contribution < -0.4 is 14.8 Å². The smallest absolute Gasteiger partial charge is 0.244 e. The van der Waals surface area contributed by atoms with Gasteiger partial charge in [0.25, 0.3) is 0 Å². The van der Waals surface area contributed by atoms with Crippen LogP contribution in [0.2, 0.25) is 0 Å². The van der Waals surface area contributed by atoms with Gasteiger partial charge in [0.05, 0.1) is 7.11 Å². The maximum atomic E-state index is 12.4. The van der Waals surface area contributed by atoms with E-state index in [0.717, 1.165) is 18.5 Å². The average molecular weight is 314 g/mol. The van der Waals surface area contributed by atoms with Gasteiger partial charge in [-0.05, 0) is 51.4 Å². The van der Waals surface area contributed by atoms with Crippen LogP contribution in [0, 0.1) is 0 Å². The molecule has 5 nitrogen and oxygen atoms in total. The van der Waals surface area contributed by atoms with Crippen LogP contribution in [0.3, 0.4) is 0 Å². The van der Waals surface area contributed by atoms with Crippen molar-refractivity contribution in [2.45, 2.75) is 51.1 Å². The number of nitrogens with one attached hydrogen (secondary N) is 2. The number of methoxy groups -OCH3 is 1. The third-order valence-corrected chi connectivity index (χ3v) is 4.51. The summed E-state index contributed by atoms with van der Waals surface area (Å²) in [4.78, 5) is 0.166. The second kappa shape index (κ2) is 7.24. The molecular formula is C15H26N2O3S. The van der Waals surface area contributed by atoms with Crippen molar-refractivity contribution in [2.75, 3.05) is 13.7 Å². The van der Waals surface area contributed by atoms with Gasteiger partial charge in [-0.25, -0.2) is 13.1 Å². The second-order valence-electron chi connectivity index (χ2n) is 6.02. The van der Waals surface area contributed by atoms with Crippen molar-refractivity contribution >= 4 is 10.0 Å². The Kier molecular flexibility index (Phi) is 6.19. The van der Waals surface area contributed by atoms with Gasteiger partial charge in [-0.2, -0.15) is 0 Å². The molecule has 1 rings (SSSR count). The van der Waals surface area contributed by atoms with Crippen molar-refractivity contribution in [2.24, 2.45) is 0 Å². The topological polar surface area (TPSA) is 67.4 Å². The van der Waals surface area contributed by atoms with Gasteiger partial charge in [-0.15, -0.1) is 0 Å². The summed E-state index contributed by atoms with van der Waals surface area (Å²) in [5.74, 6) is 0.363. The van der Waals surface area contributed by atoms with E-state index >= 15 is 0 Å². The third-order valence-electron chi connectivity index (χ3n) is 2.71. The first-order chi connectivity index (χ1) is 9.69. The molecule has 0 aromatic heterocycles. The highest BCUT2D eigenvalue weighted by molar-refractivity contribution is 7.89. The van der Waals surface area contributed by atoms with Crippen LogP contribution in [0.15, 0.2) is 23.1 Å². The summed E-state index contributed by atoms with van der Waals surface area (Å²) in [7, 11) is -2.12. The standard InChI is InChI=1S/C15H26N2O3S/c1-6-9-16-11-12-7-8-14(13(10-12)20-5)21(18,19)17-15(2,3)4/h7-8,10,16-17H,6,9,11H2,1-5H3. The molecule has 0 unspecified atom stereocenters. The average Bonchev–Trinajstić information content (AvgIpc) is 2.36. The molecule has 0 aliphatic heterocycles. The Bertz CT molecular complexity index is 563. The molecule has 0 aliphatic rings. The molecule has 0 aliphatic carbocycles. The first kappa shape index (κ1) is 17.9. The van der Waals surface area contributed by atoms with E-state index in [-0.39, 0.29) is 4.90 Å². The lowest BCUT2D eigenvalue weighted by Crippen LogP contribution is -2.40. The van der Waals surface area contributed by atoms with E-state index in [2.05, 4.69) is 17.0 Å². The molecular weight excluding hydrogens is 288 g/mol. The lowest BCUT2D eigenvalue weighted by molar-refractivity contribution is 0.400. The van der Waals surface area contributed by atoms with Gasteiger partial charge in [-0.1, -0.05) is 13.0 Å². The van der Waals surface area contributed by atoms with E-state index in [1.165, 1.54) is 7.11 Å². The number of rotatable bonds is 7. The molecule has 0 spiro atoms. The highest BCUT2D eigenvalue weighted by Crippen LogP contribution is 2.26. The number of hydrogen-bond acceptors (Lipinski definition) is 4. The van der Waals surface area contributed by atoms with Gasteiger partial charge >= 0.3 is 0 Å². The van der Waals surface area contributed by atoms with Crippen molar-refractivity contribution in [1.82, 2.24) is 10.0 Å². The van der Waals surface area contributed by atoms with E-state index in [0.29, 0.717) is 12.3 Å². The summed E-state index contributed by atoms with van der Waals surface area (Å²) in [6, 6.07) is 5.16. The maximum Gasteiger partial charge on any atom is 0.244 e. The summed E-state index contributed by atoms with van der Waals surface area (Å²) in [5, 5.41) is 3.28. The molecule has 6 heteroatoms. The SMILES string of the molecule is CCCNCc1ccc(S(=O)(=O)NC(C)(C)C)c(OC)c1. The quantitative estimate of drug-likeness (QED) is 0.758. The van der Waals surface area contributed by atoms with Crippen LogP contribution in [0.1, 0.15) is 39.7 Å². The first-order valence-corrected chi connectivity index (χ1v) is 8.59.